The number of fused-ring (bicyclic) bond motifs is 1. The topological polar surface area (TPSA) is 75.6 Å². The van der Waals surface area contributed by atoms with E-state index in [1.807, 2.05) is 0 Å². The van der Waals surface area contributed by atoms with Gasteiger partial charge in [0.2, 0.25) is 0 Å². The number of rotatable bonds is 3. The lowest BCUT2D eigenvalue weighted by molar-refractivity contribution is 0.0945. The van der Waals surface area contributed by atoms with E-state index >= 15 is 0 Å². The Morgan fingerprint density at radius 3 is 3.10 bits per heavy atom. The van der Waals surface area contributed by atoms with E-state index in [4.69, 9.17) is 0 Å². The molecule has 6 nitrogen and oxygen atoms in total. The Labute approximate surface area is 125 Å². The molecular weight excluding hydrogens is 322 g/mol. The molecule has 2 N–H and O–H groups in total. The smallest absolute Gasteiger partial charge is 0.268 e. The number of carbonyl (C=O) groups excluding carboxylic acids is 1. The van der Waals surface area contributed by atoms with Crippen LogP contribution in [0.2, 0.25) is 0 Å². The number of hydrogen-bond acceptors (Lipinski definition) is 3. The van der Waals surface area contributed by atoms with Gasteiger partial charge in [-0.25, -0.2) is 0 Å². The van der Waals surface area contributed by atoms with Gasteiger partial charge in [0.25, 0.3) is 5.91 Å². The van der Waals surface area contributed by atoms with Crippen LogP contribution < -0.4 is 5.32 Å². The van der Waals surface area contributed by atoms with Crippen molar-refractivity contribution in [3.63, 3.8) is 0 Å². The number of amides is 1. The van der Waals surface area contributed by atoms with Crippen LogP contribution in [0.1, 0.15) is 41.4 Å². The van der Waals surface area contributed by atoms with Gasteiger partial charge in [-0.05, 0) is 34.8 Å². The largest absolute Gasteiger partial charge is 0.356 e. The van der Waals surface area contributed by atoms with Crippen molar-refractivity contribution in [2.24, 2.45) is 0 Å². The summed E-state index contributed by atoms with van der Waals surface area (Å²) >= 11 is 3.31. The molecule has 0 fully saturated rings. The Kier molecular flexibility index (Phi) is 3.86. The van der Waals surface area contributed by atoms with Crippen molar-refractivity contribution in [1.82, 2.24) is 25.1 Å². The van der Waals surface area contributed by atoms with Crippen molar-refractivity contribution < 1.29 is 4.79 Å². The summed E-state index contributed by atoms with van der Waals surface area (Å²) in [4.78, 5) is 14.9. The fraction of sp³-hybridized carbons (Fsp3) is 0.462. The first kappa shape index (κ1) is 13.4. The lowest BCUT2D eigenvalue weighted by atomic mass is 10.2. The Morgan fingerprint density at radius 1 is 1.40 bits per heavy atom. The van der Waals surface area contributed by atoms with Crippen LogP contribution in [0.25, 0.3) is 0 Å². The number of H-pyrrole nitrogens is 1. The normalized spacial score (nSPS) is 14.7. The first-order valence-electron chi connectivity index (χ1n) is 6.77. The lowest BCUT2D eigenvalue weighted by Gasteiger charge is -2.07. The average Bonchev–Trinajstić information content (AvgIpc) is 2.96. The van der Waals surface area contributed by atoms with E-state index in [0.717, 1.165) is 35.5 Å². The van der Waals surface area contributed by atoms with E-state index in [-0.39, 0.29) is 5.91 Å². The van der Waals surface area contributed by atoms with Crippen molar-refractivity contribution in [3.05, 3.63) is 34.1 Å². The molecule has 106 valence electrons. The summed E-state index contributed by atoms with van der Waals surface area (Å²) in [7, 11) is 0. The third-order valence-corrected chi connectivity index (χ3v) is 3.94. The van der Waals surface area contributed by atoms with Gasteiger partial charge in [-0.1, -0.05) is 6.42 Å². The summed E-state index contributed by atoms with van der Waals surface area (Å²) in [5.41, 5.74) is 0.535. The van der Waals surface area contributed by atoms with E-state index in [0.29, 0.717) is 12.2 Å². The summed E-state index contributed by atoms with van der Waals surface area (Å²) in [6, 6.07) is 1.75. The minimum atomic E-state index is -0.137. The molecule has 0 unspecified atom stereocenters. The predicted molar refractivity (Wildman–Crippen MR) is 77.2 cm³/mol. The first-order valence-corrected chi connectivity index (χ1v) is 7.56. The van der Waals surface area contributed by atoms with E-state index in [1.165, 1.54) is 12.8 Å². The van der Waals surface area contributed by atoms with Crippen molar-refractivity contribution in [2.45, 2.75) is 38.8 Å². The molecule has 1 amide bonds. The molecule has 0 aromatic carbocycles. The van der Waals surface area contributed by atoms with Crippen molar-refractivity contribution >= 4 is 21.8 Å². The second-order valence-corrected chi connectivity index (χ2v) is 5.82. The third kappa shape index (κ3) is 2.77. The van der Waals surface area contributed by atoms with E-state index in [2.05, 4.69) is 41.0 Å². The van der Waals surface area contributed by atoms with Crippen LogP contribution in [0.3, 0.4) is 0 Å². The van der Waals surface area contributed by atoms with Gasteiger partial charge in [-0.3, -0.25) is 4.79 Å². The SMILES string of the molecule is O=C(NCc1nnc2n1CCCCC2)c1cc(Br)c[nH]1. The monoisotopic (exact) mass is 337 g/mol. The van der Waals surface area contributed by atoms with Crippen LogP contribution in [-0.4, -0.2) is 25.7 Å². The van der Waals surface area contributed by atoms with Gasteiger partial charge >= 0.3 is 0 Å². The Hall–Kier alpha value is -1.63. The maximum atomic E-state index is 12.0. The standard InChI is InChI=1S/C13H16BrN5O/c14-9-6-10(15-7-9)13(20)16-8-12-18-17-11-4-2-1-3-5-19(11)12/h6-7,15H,1-5,8H2,(H,16,20). The number of aromatic nitrogens is 4. The Bertz CT molecular complexity index is 618. The highest BCUT2D eigenvalue weighted by molar-refractivity contribution is 9.10. The second kappa shape index (κ2) is 5.78. The van der Waals surface area contributed by atoms with Gasteiger partial charge in [0.05, 0.1) is 6.54 Å². The minimum Gasteiger partial charge on any atom is -0.356 e. The quantitative estimate of drug-likeness (QED) is 0.899. The van der Waals surface area contributed by atoms with E-state index in [9.17, 15) is 4.79 Å². The molecule has 2 aromatic heterocycles. The Morgan fingerprint density at radius 2 is 2.30 bits per heavy atom. The average molecular weight is 338 g/mol. The molecular formula is C13H16BrN5O. The van der Waals surface area contributed by atoms with Crippen molar-refractivity contribution in [3.8, 4) is 0 Å². The summed E-state index contributed by atoms with van der Waals surface area (Å²) < 4.78 is 3.00. The van der Waals surface area contributed by atoms with Gasteiger partial charge in [-0.2, -0.15) is 0 Å². The summed E-state index contributed by atoms with van der Waals surface area (Å²) in [5.74, 6) is 1.73. The molecule has 0 saturated heterocycles. The molecule has 0 spiro atoms. The molecule has 0 radical (unpaired) electrons. The molecule has 7 heteroatoms. The number of carbonyl (C=O) groups is 1. The van der Waals surface area contributed by atoms with Crippen LogP contribution in [0.15, 0.2) is 16.7 Å². The molecule has 3 rings (SSSR count). The predicted octanol–water partition coefficient (Wildman–Crippen LogP) is 2.03. The van der Waals surface area contributed by atoms with E-state index in [1.54, 1.807) is 12.3 Å². The fourth-order valence-corrected chi connectivity index (χ4v) is 2.77. The highest BCUT2D eigenvalue weighted by atomic mass is 79.9. The summed E-state index contributed by atoms with van der Waals surface area (Å²) in [5, 5.41) is 11.3. The highest BCUT2D eigenvalue weighted by Crippen LogP contribution is 2.14. The van der Waals surface area contributed by atoms with Crippen LogP contribution in [0, 0.1) is 0 Å². The number of nitrogens with one attached hydrogen (secondary N) is 2. The van der Waals surface area contributed by atoms with Gasteiger partial charge < -0.3 is 14.9 Å². The minimum absolute atomic E-state index is 0.137. The molecule has 0 bridgehead atoms. The molecule has 20 heavy (non-hydrogen) atoms. The molecule has 0 saturated carbocycles. The van der Waals surface area contributed by atoms with Gasteiger partial charge in [0.15, 0.2) is 5.82 Å². The molecule has 2 aromatic rings. The van der Waals surface area contributed by atoms with Crippen molar-refractivity contribution in [1.29, 1.82) is 0 Å². The molecule has 0 aliphatic carbocycles. The van der Waals surface area contributed by atoms with Crippen molar-refractivity contribution in [2.75, 3.05) is 0 Å². The lowest BCUT2D eigenvalue weighted by Crippen LogP contribution is -2.25. The summed E-state index contributed by atoms with van der Waals surface area (Å²) in [6.07, 6.45) is 6.25. The van der Waals surface area contributed by atoms with Gasteiger partial charge in [0.1, 0.15) is 11.5 Å². The van der Waals surface area contributed by atoms with Crippen LogP contribution in [-0.2, 0) is 19.5 Å². The number of aryl methyl sites for hydroxylation is 1. The number of aromatic amines is 1. The Balaban J connectivity index is 1.67. The maximum absolute atomic E-state index is 12.0. The van der Waals surface area contributed by atoms with Crippen LogP contribution >= 0.6 is 15.9 Å². The molecule has 1 aliphatic rings. The first-order chi connectivity index (χ1) is 9.74. The molecule has 1 aliphatic heterocycles. The number of hydrogen-bond donors (Lipinski definition) is 2. The third-order valence-electron chi connectivity index (χ3n) is 3.49. The highest BCUT2D eigenvalue weighted by Gasteiger charge is 2.15. The fourth-order valence-electron chi connectivity index (χ4n) is 2.43. The van der Waals surface area contributed by atoms with Crippen LogP contribution in [0.5, 0.6) is 0 Å². The second-order valence-electron chi connectivity index (χ2n) is 4.91. The van der Waals surface area contributed by atoms with Crippen LogP contribution in [0.4, 0.5) is 0 Å². The zero-order chi connectivity index (χ0) is 13.9. The number of nitrogens with zero attached hydrogens (tertiary/aromatic N) is 3. The molecule has 0 atom stereocenters. The zero-order valence-electron chi connectivity index (χ0n) is 11.0. The number of halogens is 1. The van der Waals surface area contributed by atoms with E-state index < -0.39 is 0 Å². The van der Waals surface area contributed by atoms with Gasteiger partial charge in [-0.15, -0.1) is 10.2 Å². The zero-order valence-corrected chi connectivity index (χ0v) is 12.6. The maximum Gasteiger partial charge on any atom is 0.268 e. The molecule has 3 heterocycles. The van der Waals surface area contributed by atoms with Gasteiger partial charge in [0, 0.05) is 23.6 Å². The summed E-state index contributed by atoms with van der Waals surface area (Å²) in [6.45, 7) is 1.35.